The molecule has 2 fully saturated rings. The lowest BCUT2D eigenvalue weighted by atomic mass is 10.1. The van der Waals surface area contributed by atoms with Crippen molar-refractivity contribution in [2.24, 2.45) is 10.9 Å². The second kappa shape index (κ2) is 9.40. The molecule has 0 atom stereocenters. The summed E-state index contributed by atoms with van der Waals surface area (Å²) in [6, 6.07) is 9.17. The van der Waals surface area contributed by atoms with Crippen LogP contribution in [-0.2, 0) is 4.79 Å². The summed E-state index contributed by atoms with van der Waals surface area (Å²) >= 11 is 6.16. The fraction of sp³-hybridized carbons (Fsp3) is 0.320. The Morgan fingerprint density at radius 3 is 2.70 bits per heavy atom. The minimum absolute atomic E-state index is 0.0366. The lowest BCUT2D eigenvalue weighted by Crippen LogP contribution is -2.41. The number of aromatic nitrogens is 5. The van der Waals surface area contributed by atoms with Gasteiger partial charge in [-0.05, 0) is 50.0 Å². The van der Waals surface area contributed by atoms with Crippen LogP contribution in [0.25, 0.3) is 11.7 Å². The van der Waals surface area contributed by atoms with Gasteiger partial charge < -0.3 is 20.3 Å². The first-order valence-corrected chi connectivity index (χ1v) is 12.6. The molecule has 0 spiro atoms. The van der Waals surface area contributed by atoms with Crippen molar-refractivity contribution in [1.82, 2.24) is 29.5 Å². The molecule has 3 aromatic heterocycles. The van der Waals surface area contributed by atoms with E-state index in [1.165, 1.54) is 0 Å². The highest BCUT2D eigenvalue weighted by Gasteiger charge is 2.34. The highest BCUT2D eigenvalue weighted by atomic mass is 35.5. The van der Waals surface area contributed by atoms with Crippen molar-refractivity contribution in [1.29, 1.82) is 0 Å². The number of benzene rings is 1. The Balaban J connectivity index is 1.39. The molecule has 1 aromatic carbocycles. The maximum atomic E-state index is 12.4. The lowest BCUT2D eigenvalue weighted by molar-refractivity contribution is -0.133. The van der Waals surface area contributed by atoms with Gasteiger partial charge in [0.05, 0.1) is 12.2 Å². The molecule has 37 heavy (non-hydrogen) atoms. The Bertz CT molecular complexity index is 1660. The smallest absolute Gasteiger partial charge is 0.326 e. The van der Waals surface area contributed by atoms with Gasteiger partial charge in [-0.2, -0.15) is 9.61 Å². The largest absolute Gasteiger partial charge is 0.493 e. The summed E-state index contributed by atoms with van der Waals surface area (Å²) < 4.78 is 1.64. The number of nitrogens with zero attached hydrogens (tertiary/aromatic N) is 5. The van der Waals surface area contributed by atoms with E-state index in [0.717, 1.165) is 31.4 Å². The molecule has 1 amide bonds. The molecule has 1 saturated carbocycles. The fourth-order valence-corrected chi connectivity index (χ4v) is 4.76. The number of nitrogens with one attached hydrogen (secondary N) is 3. The molecule has 6 rings (SSSR count). The number of fused-ring (bicyclic) bond motifs is 1. The van der Waals surface area contributed by atoms with Gasteiger partial charge in [-0.15, -0.1) is 0 Å². The van der Waals surface area contributed by atoms with Gasteiger partial charge >= 0.3 is 5.69 Å². The predicted molar refractivity (Wildman–Crippen MR) is 137 cm³/mol. The highest BCUT2D eigenvalue weighted by Crippen LogP contribution is 2.32. The molecule has 190 valence electrons. The Morgan fingerprint density at radius 1 is 1.19 bits per heavy atom. The number of imidazole rings is 1. The first kappa shape index (κ1) is 23.3. The minimum Gasteiger partial charge on any atom is -0.493 e. The van der Waals surface area contributed by atoms with E-state index in [4.69, 9.17) is 21.6 Å². The van der Waals surface area contributed by atoms with Crippen molar-refractivity contribution in [2.75, 3.05) is 18.4 Å². The van der Waals surface area contributed by atoms with Crippen LogP contribution in [0.2, 0.25) is 5.02 Å². The van der Waals surface area contributed by atoms with Crippen LogP contribution in [0.15, 0.2) is 46.3 Å². The Kier molecular flexibility index (Phi) is 5.91. The molecule has 4 N–H and O–H groups in total. The number of carbonyl (C=O) groups is 1. The van der Waals surface area contributed by atoms with Crippen LogP contribution in [-0.4, -0.2) is 59.6 Å². The van der Waals surface area contributed by atoms with E-state index in [0.29, 0.717) is 40.3 Å². The van der Waals surface area contributed by atoms with E-state index in [-0.39, 0.29) is 29.4 Å². The van der Waals surface area contributed by atoms with E-state index in [1.54, 1.807) is 28.9 Å². The van der Waals surface area contributed by atoms with Gasteiger partial charge in [-0.25, -0.2) is 9.78 Å². The molecule has 4 heterocycles. The average molecular weight is 521 g/mol. The zero-order chi connectivity index (χ0) is 25.5. The molecule has 1 aliphatic heterocycles. The zero-order valence-corrected chi connectivity index (χ0v) is 20.6. The van der Waals surface area contributed by atoms with Crippen molar-refractivity contribution in [3.63, 3.8) is 0 Å². The molecule has 11 nitrogen and oxygen atoms in total. The summed E-state index contributed by atoms with van der Waals surface area (Å²) in [4.78, 5) is 40.5. The monoisotopic (exact) mass is 520 g/mol. The van der Waals surface area contributed by atoms with Gasteiger partial charge in [-0.3, -0.25) is 14.8 Å². The lowest BCUT2D eigenvalue weighted by Gasteiger charge is -2.30. The van der Waals surface area contributed by atoms with E-state index < -0.39 is 5.69 Å². The van der Waals surface area contributed by atoms with Crippen LogP contribution in [0, 0.1) is 5.92 Å². The van der Waals surface area contributed by atoms with Gasteiger partial charge in [0, 0.05) is 41.0 Å². The number of hydrogen-bond acceptors (Lipinski definition) is 7. The Hall–Kier alpha value is -4.12. The van der Waals surface area contributed by atoms with Crippen molar-refractivity contribution in [3.05, 3.63) is 68.4 Å². The summed E-state index contributed by atoms with van der Waals surface area (Å²) in [6.45, 7) is 1.40. The summed E-state index contributed by atoms with van der Waals surface area (Å²) in [5.74, 6) is 0.768. The number of halogens is 1. The molecule has 2 aliphatic rings. The SMILES string of the molecule is O=C(C1CC1)N1CCC(N=c2cc(Nc3cccc(Cl)c3)nc3c(=Cc4[nH]c(=O)[nH]c4O)cnn23)CC1. The number of anilines is 2. The first-order chi connectivity index (χ1) is 17.9. The second-order valence-corrected chi connectivity index (χ2v) is 9.85. The highest BCUT2D eigenvalue weighted by molar-refractivity contribution is 6.30. The van der Waals surface area contributed by atoms with Crippen molar-refractivity contribution >= 4 is 40.7 Å². The summed E-state index contributed by atoms with van der Waals surface area (Å²) in [5, 5.41) is 18.9. The number of hydrogen-bond donors (Lipinski definition) is 4. The molecular weight excluding hydrogens is 496 g/mol. The van der Waals surface area contributed by atoms with Crippen LogP contribution in [0.3, 0.4) is 0 Å². The van der Waals surface area contributed by atoms with Gasteiger partial charge in [0.25, 0.3) is 0 Å². The van der Waals surface area contributed by atoms with Gasteiger partial charge in [0.1, 0.15) is 11.5 Å². The summed E-state index contributed by atoms with van der Waals surface area (Å²) in [5.41, 5.74) is 1.57. The van der Waals surface area contributed by atoms with Crippen molar-refractivity contribution < 1.29 is 9.90 Å². The molecule has 1 aliphatic carbocycles. The number of amides is 1. The minimum atomic E-state index is -0.515. The average Bonchev–Trinajstić information content (AvgIpc) is 3.57. The maximum Gasteiger partial charge on any atom is 0.326 e. The molecule has 0 bridgehead atoms. The molecular formula is C25H25ClN8O3. The van der Waals surface area contributed by atoms with Gasteiger partial charge in [0.2, 0.25) is 11.8 Å². The number of aromatic hydroxyl groups is 1. The van der Waals surface area contributed by atoms with Crippen LogP contribution < -0.4 is 21.7 Å². The van der Waals surface area contributed by atoms with E-state index in [2.05, 4.69) is 20.4 Å². The van der Waals surface area contributed by atoms with E-state index >= 15 is 0 Å². The third-order valence-corrected chi connectivity index (χ3v) is 6.87. The number of carbonyl (C=O) groups excluding carboxylic acids is 1. The Labute approximate surface area is 215 Å². The normalized spacial score (nSPS) is 17.6. The quantitative estimate of drug-likeness (QED) is 0.315. The van der Waals surface area contributed by atoms with Crippen LogP contribution in [0.5, 0.6) is 5.88 Å². The second-order valence-electron chi connectivity index (χ2n) is 9.42. The summed E-state index contributed by atoms with van der Waals surface area (Å²) in [6.07, 6.45) is 6.76. The first-order valence-electron chi connectivity index (χ1n) is 12.2. The van der Waals surface area contributed by atoms with Crippen LogP contribution in [0.1, 0.15) is 31.4 Å². The third-order valence-electron chi connectivity index (χ3n) is 6.63. The molecule has 4 aromatic rings. The standard InChI is InChI=1S/C25H25ClN8O3/c26-16-2-1-3-18(11-16)28-20-12-21(29-17-6-8-33(9-7-17)24(36)14-4-5-14)34-22(31-20)15(13-27-34)10-19-23(35)32-25(37)30-19/h1-3,10-14,17,28,35H,4-9H2,(H2,30,32,37). The van der Waals surface area contributed by atoms with E-state index in [9.17, 15) is 14.7 Å². The molecule has 0 radical (unpaired) electrons. The number of aromatic amines is 2. The zero-order valence-electron chi connectivity index (χ0n) is 19.8. The molecule has 12 heteroatoms. The number of rotatable bonds is 5. The topological polar surface area (TPSA) is 144 Å². The molecule has 0 unspecified atom stereocenters. The van der Waals surface area contributed by atoms with Crippen LogP contribution >= 0.6 is 11.6 Å². The van der Waals surface area contributed by atoms with Gasteiger partial charge in [-0.1, -0.05) is 17.7 Å². The van der Waals surface area contributed by atoms with E-state index in [1.807, 2.05) is 23.1 Å². The van der Waals surface area contributed by atoms with Crippen molar-refractivity contribution in [3.8, 4) is 5.88 Å². The Morgan fingerprint density at radius 2 is 2.00 bits per heavy atom. The molecule has 1 saturated heterocycles. The fourth-order valence-electron chi connectivity index (χ4n) is 4.57. The van der Waals surface area contributed by atoms with Gasteiger partial charge in [0.15, 0.2) is 11.1 Å². The van der Waals surface area contributed by atoms with Crippen molar-refractivity contribution in [2.45, 2.75) is 31.7 Å². The number of likely N-dealkylation sites (tertiary alicyclic amines) is 1. The summed E-state index contributed by atoms with van der Waals surface area (Å²) in [7, 11) is 0. The third kappa shape index (κ3) is 4.94. The van der Waals surface area contributed by atoms with Crippen LogP contribution in [0.4, 0.5) is 11.5 Å². The number of piperidine rings is 1. The maximum absolute atomic E-state index is 12.4. The predicted octanol–water partition coefficient (Wildman–Crippen LogP) is 1.70. The number of H-pyrrole nitrogens is 2.